The van der Waals surface area contributed by atoms with Crippen molar-refractivity contribution in [2.24, 2.45) is 5.41 Å². The molecule has 1 aliphatic heterocycles. The van der Waals surface area contributed by atoms with Gasteiger partial charge >= 0.3 is 0 Å². The number of nitrogens with zero attached hydrogens (tertiary/aromatic N) is 1. The van der Waals surface area contributed by atoms with E-state index in [1.54, 1.807) is 18.7 Å². The van der Waals surface area contributed by atoms with Crippen molar-refractivity contribution >= 4 is 11.8 Å². The highest BCUT2D eigenvalue weighted by Gasteiger charge is 2.33. The molecule has 3 atom stereocenters. The Labute approximate surface area is 121 Å². The molecular weight excluding hydrogens is 256 g/mol. The van der Waals surface area contributed by atoms with Crippen molar-refractivity contribution in [3.05, 3.63) is 0 Å². The molecule has 2 N–H and O–H groups in total. The first-order valence-corrected chi connectivity index (χ1v) is 7.42. The second-order valence-electron chi connectivity index (χ2n) is 6.86. The maximum absolute atomic E-state index is 12.4. The first kappa shape index (κ1) is 17.0. The summed E-state index contributed by atoms with van der Waals surface area (Å²) in [5.74, 6) is -0.171. The predicted molar refractivity (Wildman–Crippen MR) is 78.1 cm³/mol. The topological polar surface area (TPSA) is 69.6 Å². The molecule has 0 aromatic heterocycles. The molecule has 20 heavy (non-hydrogen) atoms. The van der Waals surface area contributed by atoms with Crippen LogP contribution in [0.3, 0.4) is 0 Å². The van der Waals surface area contributed by atoms with Crippen LogP contribution in [0.5, 0.6) is 0 Å². The third kappa shape index (κ3) is 4.47. The van der Waals surface area contributed by atoms with Crippen LogP contribution in [-0.4, -0.2) is 46.6 Å². The van der Waals surface area contributed by atoms with Gasteiger partial charge in [0.25, 0.3) is 0 Å². The zero-order valence-electron chi connectivity index (χ0n) is 13.3. The molecular formula is C15H28N2O3. The monoisotopic (exact) mass is 284 g/mol. The average molecular weight is 284 g/mol. The molecule has 1 aliphatic rings. The summed E-state index contributed by atoms with van der Waals surface area (Å²) in [5, 5.41) is 12.3. The van der Waals surface area contributed by atoms with Crippen LogP contribution in [0.15, 0.2) is 0 Å². The van der Waals surface area contributed by atoms with E-state index in [1.807, 2.05) is 20.8 Å². The number of aliphatic hydroxyl groups is 1. The maximum Gasteiger partial charge on any atom is 0.245 e. The van der Waals surface area contributed by atoms with E-state index in [4.69, 9.17) is 0 Å². The van der Waals surface area contributed by atoms with E-state index in [-0.39, 0.29) is 17.9 Å². The largest absolute Gasteiger partial charge is 0.393 e. The molecule has 1 rings (SSSR count). The number of amides is 2. The quantitative estimate of drug-likeness (QED) is 0.817. The SMILES string of the molecule is CC(O)CC1CCCN1C(=O)C(C)NC(=O)C(C)(C)C. The molecule has 1 fully saturated rings. The highest BCUT2D eigenvalue weighted by Crippen LogP contribution is 2.22. The summed E-state index contributed by atoms with van der Waals surface area (Å²) in [7, 11) is 0. The molecule has 5 heteroatoms. The Hall–Kier alpha value is -1.10. The first-order valence-electron chi connectivity index (χ1n) is 7.42. The standard InChI is InChI=1S/C15H28N2O3/c1-10(18)9-12-7-6-8-17(12)13(19)11(2)16-14(20)15(3,4)5/h10-12,18H,6-9H2,1-5H3,(H,16,20). The van der Waals surface area contributed by atoms with Crippen molar-refractivity contribution in [2.75, 3.05) is 6.54 Å². The third-order valence-corrected chi connectivity index (χ3v) is 3.67. The number of carbonyl (C=O) groups is 2. The third-order valence-electron chi connectivity index (χ3n) is 3.67. The van der Waals surface area contributed by atoms with Crippen LogP contribution < -0.4 is 5.32 Å². The Balaban J connectivity index is 2.62. The van der Waals surface area contributed by atoms with Gasteiger partial charge in [-0.15, -0.1) is 0 Å². The summed E-state index contributed by atoms with van der Waals surface area (Å²) in [6, 6.07) is -0.423. The molecule has 0 aromatic rings. The minimum Gasteiger partial charge on any atom is -0.393 e. The number of nitrogens with one attached hydrogen (secondary N) is 1. The zero-order chi connectivity index (χ0) is 15.5. The lowest BCUT2D eigenvalue weighted by molar-refractivity contribution is -0.139. The molecule has 0 spiro atoms. The van der Waals surface area contributed by atoms with Gasteiger partial charge in [-0.2, -0.15) is 0 Å². The molecule has 116 valence electrons. The molecule has 3 unspecified atom stereocenters. The molecule has 0 radical (unpaired) electrons. The maximum atomic E-state index is 12.4. The first-order chi connectivity index (χ1) is 9.12. The normalized spacial score (nSPS) is 22.5. The van der Waals surface area contributed by atoms with Crippen LogP contribution in [0.4, 0.5) is 0 Å². The van der Waals surface area contributed by atoms with Crippen molar-refractivity contribution in [2.45, 2.75) is 72.1 Å². The minimum absolute atomic E-state index is 0.0502. The Kier molecular flexibility index (Phi) is 5.57. The lowest BCUT2D eigenvalue weighted by Crippen LogP contribution is -2.51. The average Bonchev–Trinajstić information content (AvgIpc) is 2.73. The van der Waals surface area contributed by atoms with Crippen molar-refractivity contribution in [1.82, 2.24) is 10.2 Å². The fourth-order valence-corrected chi connectivity index (χ4v) is 2.49. The Morgan fingerprint density at radius 3 is 2.45 bits per heavy atom. The summed E-state index contributed by atoms with van der Waals surface area (Å²) in [4.78, 5) is 26.2. The molecule has 1 saturated heterocycles. The van der Waals surface area contributed by atoms with E-state index in [0.29, 0.717) is 13.0 Å². The van der Waals surface area contributed by atoms with Crippen LogP contribution in [-0.2, 0) is 9.59 Å². The van der Waals surface area contributed by atoms with Crippen LogP contribution in [0.25, 0.3) is 0 Å². The van der Waals surface area contributed by atoms with E-state index < -0.39 is 17.6 Å². The number of carbonyl (C=O) groups excluding carboxylic acids is 2. The highest BCUT2D eigenvalue weighted by molar-refractivity contribution is 5.89. The molecule has 0 saturated carbocycles. The van der Waals surface area contributed by atoms with Gasteiger partial charge in [-0.25, -0.2) is 0 Å². The van der Waals surface area contributed by atoms with Crippen molar-refractivity contribution in [3.8, 4) is 0 Å². The fourth-order valence-electron chi connectivity index (χ4n) is 2.49. The van der Waals surface area contributed by atoms with Crippen LogP contribution in [0.2, 0.25) is 0 Å². The van der Waals surface area contributed by atoms with E-state index in [1.165, 1.54) is 0 Å². The highest BCUT2D eigenvalue weighted by atomic mass is 16.3. The fraction of sp³-hybridized carbons (Fsp3) is 0.867. The summed E-state index contributed by atoms with van der Waals surface area (Å²) in [5.41, 5.74) is -0.501. The van der Waals surface area contributed by atoms with Crippen molar-refractivity contribution in [1.29, 1.82) is 0 Å². The number of hydrogen-bond donors (Lipinski definition) is 2. The van der Waals surface area contributed by atoms with E-state index >= 15 is 0 Å². The van der Waals surface area contributed by atoms with Gasteiger partial charge in [-0.3, -0.25) is 9.59 Å². The molecule has 1 heterocycles. The Bertz CT molecular complexity index is 361. The molecule has 5 nitrogen and oxygen atoms in total. The smallest absolute Gasteiger partial charge is 0.245 e. The summed E-state index contributed by atoms with van der Waals surface area (Å²) >= 11 is 0. The molecule has 2 amide bonds. The van der Waals surface area contributed by atoms with Crippen LogP contribution >= 0.6 is 0 Å². The number of likely N-dealkylation sites (tertiary alicyclic amines) is 1. The summed E-state index contributed by atoms with van der Waals surface area (Å²) < 4.78 is 0. The Morgan fingerprint density at radius 1 is 1.35 bits per heavy atom. The van der Waals surface area contributed by atoms with E-state index in [9.17, 15) is 14.7 Å². The molecule has 0 aliphatic carbocycles. The molecule has 0 aromatic carbocycles. The number of hydrogen-bond acceptors (Lipinski definition) is 3. The van der Waals surface area contributed by atoms with Gasteiger partial charge in [0.2, 0.25) is 11.8 Å². The second-order valence-corrected chi connectivity index (χ2v) is 6.86. The number of rotatable bonds is 4. The van der Waals surface area contributed by atoms with Gasteiger partial charge in [0, 0.05) is 18.0 Å². The lowest BCUT2D eigenvalue weighted by atomic mass is 9.95. The lowest BCUT2D eigenvalue weighted by Gasteiger charge is -2.29. The van der Waals surface area contributed by atoms with Gasteiger partial charge in [-0.1, -0.05) is 20.8 Å². The molecule has 0 bridgehead atoms. The summed E-state index contributed by atoms with van der Waals surface area (Å²) in [6.07, 6.45) is 2.08. The van der Waals surface area contributed by atoms with E-state index in [0.717, 1.165) is 12.8 Å². The Morgan fingerprint density at radius 2 is 1.95 bits per heavy atom. The zero-order valence-corrected chi connectivity index (χ0v) is 13.3. The summed E-state index contributed by atoms with van der Waals surface area (Å²) in [6.45, 7) is 9.66. The van der Waals surface area contributed by atoms with Gasteiger partial charge in [0.1, 0.15) is 6.04 Å². The van der Waals surface area contributed by atoms with Crippen molar-refractivity contribution < 1.29 is 14.7 Å². The predicted octanol–water partition coefficient (Wildman–Crippen LogP) is 1.30. The van der Waals surface area contributed by atoms with Crippen LogP contribution in [0.1, 0.15) is 53.9 Å². The van der Waals surface area contributed by atoms with Gasteiger partial charge in [0.05, 0.1) is 6.10 Å². The van der Waals surface area contributed by atoms with Crippen LogP contribution in [0, 0.1) is 5.41 Å². The van der Waals surface area contributed by atoms with E-state index in [2.05, 4.69) is 5.32 Å². The minimum atomic E-state index is -0.517. The van der Waals surface area contributed by atoms with Gasteiger partial charge in [0.15, 0.2) is 0 Å². The number of aliphatic hydroxyl groups excluding tert-OH is 1. The van der Waals surface area contributed by atoms with Gasteiger partial charge in [-0.05, 0) is 33.1 Å². The second kappa shape index (κ2) is 6.57. The van der Waals surface area contributed by atoms with Crippen molar-refractivity contribution in [3.63, 3.8) is 0 Å². The van der Waals surface area contributed by atoms with Gasteiger partial charge < -0.3 is 15.3 Å².